The molecule has 8 nitrogen and oxygen atoms in total. The molecule has 1 aliphatic carbocycles. The Labute approximate surface area is 146 Å². The first-order valence-corrected chi connectivity index (χ1v) is 8.61. The molecular formula is C17H23N7O. The molecule has 0 saturated heterocycles. The summed E-state index contributed by atoms with van der Waals surface area (Å²) >= 11 is 0. The summed E-state index contributed by atoms with van der Waals surface area (Å²) in [5.41, 5.74) is 2.67. The number of aryl methyl sites for hydroxylation is 1. The molecule has 1 saturated carbocycles. The molecule has 8 heteroatoms. The second kappa shape index (κ2) is 5.72. The van der Waals surface area contributed by atoms with Crippen molar-refractivity contribution in [1.29, 1.82) is 0 Å². The summed E-state index contributed by atoms with van der Waals surface area (Å²) in [7, 11) is 3.67. The molecule has 1 fully saturated rings. The summed E-state index contributed by atoms with van der Waals surface area (Å²) in [5, 5.41) is 7.68. The van der Waals surface area contributed by atoms with Gasteiger partial charge in [-0.1, -0.05) is 0 Å². The topological polar surface area (TPSA) is 79.2 Å². The smallest absolute Gasteiger partial charge is 0.249 e. The quantitative estimate of drug-likeness (QED) is 0.912. The van der Waals surface area contributed by atoms with Crippen LogP contribution < -0.4 is 15.1 Å². The van der Waals surface area contributed by atoms with Gasteiger partial charge in [-0.25, -0.2) is 4.98 Å². The number of nitrogens with one attached hydrogen (secondary N) is 1. The van der Waals surface area contributed by atoms with Gasteiger partial charge >= 0.3 is 0 Å². The lowest BCUT2D eigenvalue weighted by molar-refractivity contribution is -0.119. The minimum atomic E-state index is -0.239. The van der Waals surface area contributed by atoms with E-state index in [1.54, 1.807) is 11.9 Å². The monoisotopic (exact) mass is 341 g/mol. The lowest BCUT2D eigenvalue weighted by Gasteiger charge is -2.37. The summed E-state index contributed by atoms with van der Waals surface area (Å²) in [4.78, 5) is 25.0. The lowest BCUT2D eigenvalue weighted by Crippen LogP contribution is -2.49. The molecule has 0 spiro atoms. The highest BCUT2D eigenvalue weighted by Gasteiger charge is 2.34. The molecular weight excluding hydrogens is 318 g/mol. The number of fused-ring (bicyclic) bond motifs is 1. The van der Waals surface area contributed by atoms with Crippen molar-refractivity contribution in [3.05, 3.63) is 23.7 Å². The average Bonchev–Trinajstić information content (AvgIpc) is 3.34. The summed E-state index contributed by atoms with van der Waals surface area (Å²) < 4.78 is 2.03. The zero-order valence-corrected chi connectivity index (χ0v) is 15.0. The van der Waals surface area contributed by atoms with Crippen molar-refractivity contribution in [1.82, 2.24) is 19.7 Å². The number of hydrogen-bond donors (Lipinski definition) is 1. The number of rotatable bonds is 4. The third-order valence-corrected chi connectivity index (χ3v) is 5.00. The summed E-state index contributed by atoms with van der Waals surface area (Å²) in [6.07, 6.45) is 6.41. The first-order valence-electron chi connectivity index (χ1n) is 8.61. The number of carbonyl (C=O) groups is 1. The number of nitrogens with zero attached hydrogens (tertiary/aromatic N) is 6. The van der Waals surface area contributed by atoms with Gasteiger partial charge in [-0.15, -0.1) is 0 Å². The van der Waals surface area contributed by atoms with Crippen LogP contribution in [0.3, 0.4) is 0 Å². The molecule has 2 aliphatic rings. The fourth-order valence-corrected chi connectivity index (χ4v) is 3.20. The molecule has 2 aromatic rings. The third-order valence-electron chi connectivity index (χ3n) is 5.00. The van der Waals surface area contributed by atoms with E-state index < -0.39 is 0 Å². The molecule has 1 aliphatic heterocycles. The Balaban J connectivity index is 1.56. The SMILES string of the molecule is Cc1nc(NCc2cnn(C3CC3)c2)nc2c1N(C)C(=O)[C@H](C)N2C. The Bertz CT molecular complexity index is 826. The van der Waals surface area contributed by atoms with Crippen LogP contribution in [0, 0.1) is 6.92 Å². The molecule has 0 unspecified atom stereocenters. The average molecular weight is 341 g/mol. The molecule has 0 aromatic carbocycles. The number of amides is 1. The highest BCUT2D eigenvalue weighted by Crippen LogP contribution is 2.36. The number of aromatic nitrogens is 4. The molecule has 0 bridgehead atoms. The standard InChI is InChI=1S/C17H23N7O/c1-10-14-15(22(3)11(2)16(25)23(14)4)21-17(20-10)18-7-12-8-19-24(9-12)13-5-6-13/h8-9,11,13H,5-7H2,1-4H3,(H,18,20,21)/t11-/m0/s1. The molecule has 2 aromatic heterocycles. The van der Waals surface area contributed by atoms with E-state index in [1.807, 2.05) is 36.7 Å². The van der Waals surface area contributed by atoms with E-state index in [4.69, 9.17) is 0 Å². The molecule has 25 heavy (non-hydrogen) atoms. The second-order valence-corrected chi connectivity index (χ2v) is 6.90. The van der Waals surface area contributed by atoms with E-state index >= 15 is 0 Å². The predicted molar refractivity (Wildman–Crippen MR) is 95.9 cm³/mol. The van der Waals surface area contributed by atoms with Crippen LogP contribution in [0.4, 0.5) is 17.5 Å². The Morgan fingerprint density at radius 2 is 2.04 bits per heavy atom. The molecule has 1 atom stereocenters. The van der Waals surface area contributed by atoms with E-state index in [-0.39, 0.29) is 11.9 Å². The van der Waals surface area contributed by atoms with Gasteiger partial charge in [0.25, 0.3) is 0 Å². The number of anilines is 3. The maximum atomic E-state index is 12.3. The normalized spacial score (nSPS) is 20.0. The van der Waals surface area contributed by atoms with Gasteiger partial charge in [-0.3, -0.25) is 9.48 Å². The van der Waals surface area contributed by atoms with Crippen molar-refractivity contribution < 1.29 is 4.79 Å². The first kappa shape index (κ1) is 15.9. The van der Waals surface area contributed by atoms with Crippen LogP contribution in [0.15, 0.2) is 12.4 Å². The highest BCUT2D eigenvalue weighted by atomic mass is 16.2. The number of hydrogen-bond acceptors (Lipinski definition) is 6. The van der Waals surface area contributed by atoms with Gasteiger partial charge in [0, 0.05) is 32.4 Å². The zero-order chi connectivity index (χ0) is 17.7. The van der Waals surface area contributed by atoms with E-state index in [0.29, 0.717) is 18.5 Å². The van der Waals surface area contributed by atoms with Crippen molar-refractivity contribution in [2.24, 2.45) is 0 Å². The van der Waals surface area contributed by atoms with Crippen molar-refractivity contribution >= 4 is 23.4 Å². The van der Waals surface area contributed by atoms with Crippen molar-refractivity contribution in [3.63, 3.8) is 0 Å². The van der Waals surface area contributed by atoms with Crippen LogP contribution in [0.1, 0.15) is 37.1 Å². The van der Waals surface area contributed by atoms with Crippen LogP contribution >= 0.6 is 0 Å². The molecule has 1 N–H and O–H groups in total. The van der Waals surface area contributed by atoms with Crippen LogP contribution in [0.5, 0.6) is 0 Å². The second-order valence-electron chi connectivity index (χ2n) is 6.90. The summed E-state index contributed by atoms with van der Waals surface area (Å²) in [5.74, 6) is 1.39. The Hall–Kier alpha value is -2.64. The van der Waals surface area contributed by atoms with Gasteiger partial charge in [-0.2, -0.15) is 10.1 Å². The van der Waals surface area contributed by atoms with Crippen LogP contribution in [-0.2, 0) is 11.3 Å². The molecule has 4 rings (SSSR count). The van der Waals surface area contributed by atoms with E-state index in [0.717, 1.165) is 22.8 Å². The van der Waals surface area contributed by atoms with E-state index in [1.165, 1.54) is 12.8 Å². The molecule has 3 heterocycles. The van der Waals surface area contributed by atoms with Crippen molar-refractivity contribution in [3.8, 4) is 0 Å². The van der Waals surface area contributed by atoms with Gasteiger partial charge in [0.1, 0.15) is 11.7 Å². The number of likely N-dealkylation sites (N-methyl/N-ethyl adjacent to an activating group) is 2. The minimum absolute atomic E-state index is 0.0508. The van der Waals surface area contributed by atoms with Crippen molar-refractivity contribution in [2.45, 2.75) is 45.3 Å². The minimum Gasteiger partial charge on any atom is -0.350 e. The fraction of sp³-hybridized carbons (Fsp3) is 0.529. The van der Waals surface area contributed by atoms with Gasteiger partial charge < -0.3 is 15.1 Å². The van der Waals surface area contributed by atoms with Crippen LogP contribution in [-0.4, -0.2) is 45.8 Å². The summed E-state index contributed by atoms with van der Waals surface area (Å²) in [6, 6.07) is 0.343. The van der Waals surface area contributed by atoms with E-state index in [9.17, 15) is 4.79 Å². The molecule has 0 radical (unpaired) electrons. The predicted octanol–water partition coefficient (Wildman–Crippen LogP) is 1.73. The maximum Gasteiger partial charge on any atom is 0.249 e. The molecule has 1 amide bonds. The molecule has 132 valence electrons. The van der Waals surface area contributed by atoms with Gasteiger partial charge in [0.15, 0.2) is 5.82 Å². The lowest BCUT2D eigenvalue weighted by atomic mass is 10.1. The Morgan fingerprint density at radius 1 is 1.28 bits per heavy atom. The fourth-order valence-electron chi connectivity index (χ4n) is 3.20. The van der Waals surface area contributed by atoms with Crippen LogP contribution in [0.25, 0.3) is 0 Å². The van der Waals surface area contributed by atoms with E-state index in [2.05, 4.69) is 26.6 Å². The Morgan fingerprint density at radius 3 is 2.76 bits per heavy atom. The Kier molecular flexibility index (Phi) is 3.63. The van der Waals surface area contributed by atoms with Gasteiger partial charge in [0.05, 0.1) is 17.9 Å². The summed E-state index contributed by atoms with van der Waals surface area (Å²) in [6.45, 7) is 4.42. The first-order chi connectivity index (χ1) is 12.0. The van der Waals surface area contributed by atoms with Gasteiger partial charge in [0.2, 0.25) is 11.9 Å². The third kappa shape index (κ3) is 2.71. The highest BCUT2D eigenvalue weighted by molar-refractivity contribution is 6.04. The zero-order valence-electron chi connectivity index (χ0n) is 15.0. The van der Waals surface area contributed by atoms with Gasteiger partial charge in [-0.05, 0) is 26.7 Å². The largest absolute Gasteiger partial charge is 0.350 e. The number of carbonyl (C=O) groups excluding carboxylic acids is 1. The van der Waals surface area contributed by atoms with Crippen LogP contribution in [0.2, 0.25) is 0 Å². The van der Waals surface area contributed by atoms with Crippen molar-refractivity contribution in [2.75, 3.05) is 29.2 Å². The maximum absolute atomic E-state index is 12.3.